The van der Waals surface area contributed by atoms with Crippen LogP contribution in [0.2, 0.25) is 0 Å². The third-order valence-electron chi connectivity index (χ3n) is 5.81. The van der Waals surface area contributed by atoms with E-state index in [1.54, 1.807) is 0 Å². The van der Waals surface area contributed by atoms with Crippen molar-refractivity contribution in [1.82, 2.24) is 4.57 Å². The second-order valence-corrected chi connectivity index (χ2v) is 8.64. The fraction of sp³-hybridized carbons (Fsp3) is 0.308. The lowest BCUT2D eigenvalue weighted by Gasteiger charge is -2.20. The Kier molecular flexibility index (Phi) is 7.50. The molecule has 0 atom stereocenters. The molecule has 3 aromatic rings. The number of aromatic nitrogens is 1. The third kappa shape index (κ3) is 4.99. The minimum atomic E-state index is -0.357. The van der Waals surface area contributed by atoms with Gasteiger partial charge < -0.3 is 9.88 Å². The molecule has 31 heavy (non-hydrogen) atoms. The van der Waals surface area contributed by atoms with Gasteiger partial charge in [-0.2, -0.15) is 0 Å². The predicted molar refractivity (Wildman–Crippen MR) is 131 cm³/mol. The van der Waals surface area contributed by atoms with Crippen LogP contribution in [0.15, 0.2) is 57.8 Å². The van der Waals surface area contributed by atoms with Crippen molar-refractivity contribution in [3.05, 3.63) is 96.9 Å². The molecular formula is C26H29BrN2O2. The number of nitrogens with one attached hydrogen (secondary N) is 1. The first kappa shape index (κ1) is 23.0. The molecular weight excluding hydrogens is 452 g/mol. The van der Waals surface area contributed by atoms with Gasteiger partial charge in [-0.3, -0.25) is 9.59 Å². The Bertz CT molecular complexity index is 1150. The molecule has 1 heterocycles. The highest BCUT2D eigenvalue weighted by molar-refractivity contribution is 9.10. The molecule has 1 N–H and O–H groups in total. The molecule has 0 fully saturated rings. The fourth-order valence-electron chi connectivity index (χ4n) is 4.01. The average Bonchev–Trinajstić information content (AvgIpc) is 2.77. The molecule has 0 saturated heterocycles. The van der Waals surface area contributed by atoms with Gasteiger partial charge in [-0.05, 0) is 72.7 Å². The number of rotatable bonds is 7. The van der Waals surface area contributed by atoms with Crippen molar-refractivity contribution in [3.8, 4) is 0 Å². The lowest BCUT2D eigenvalue weighted by molar-refractivity contribution is 0.102. The summed E-state index contributed by atoms with van der Waals surface area (Å²) in [5.74, 6) is -0.357. The van der Waals surface area contributed by atoms with E-state index in [1.165, 1.54) is 5.56 Å². The first-order valence-corrected chi connectivity index (χ1v) is 11.5. The smallest absolute Gasteiger partial charge is 0.261 e. The number of amides is 1. The van der Waals surface area contributed by atoms with Crippen molar-refractivity contribution in [3.63, 3.8) is 0 Å². The first-order valence-electron chi connectivity index (χ1n) is 10.7. The standard InChI is InChI=1S/C26H29BrN2O2/c1-5-21-15-9-11-17(2)24(21)28-26(31)22-18(3)29(19(4)23(27)25(22)30)16-10-14-20-12-7-6-8-13-20/h6-9,11-13,15H,5,10,14,16H2,1-4H3,(H,28,31). The van der Waals surface area contributed by atoms with Gasteiger partial charge in [0.15, 0.2) is 0 Å². The molecule has 5 heteroatoms. The molecule has 2 aromatic carbocycles. The lowest BCUT2D eigenvalue weighted by Crippen LogP contribution is -2.29. The highest BCUT2D eigenvalue weighted by Crippen LogP contribution is 2.23. The summed E-state index contributed by atoms with van der Waals surface area (Å²) in [6, 6.07) is 16.3. The molecule has 1 aromatic heterocycles. The number of para-hydroxylation sites is 1. The first-order chi connectivity index (χ1) is 14.8. The van der Waals surface area contributed by atoms with Crippen molar-refractivity contribution in [2.45, 2.75) is 53.5 Å². The second kappa shape index (κ2) is 10.1. The number of hydrogen-bond donors (Lipinski definition) is 1. The maximum Gasteiger partial charge on any atom is 0.261 e. The summed E-state index contributed by atoms with van der Waals surface area (Å²) in [6.45, 7) is 8.53. The van der Waals surface area contributed by atoms with Gasteiger partial charge in [-0.15, -0.1) is 0 Å². The van der Waals surface area contributed by atoms with E-state index in [0.29, 0.717) is 10.2 Å². The van der Waals surface area contributed by atoms with Crippen molar-refractivity contribution in [2.24, 2.45) is 0 Å². The Morgan fingerprint density at radius 3 is 2.39 bits per heavy atom. The summed E-state index contributed by atoms with van der Waals surface area (Å²) in [6.07, 6.45) is 2.66. The van der Waals surface area contributed by atoms with Crippen LogP contribution in [0.25, 0.3) is 0 Å². The molecule has 0 aliphatic heterocycles. The van der Waals surface area contributed by atoms with Crippen LogP contribution >= 0.6 is 15.9 Å². The monoisotopic (exact) mass is 480 g/mol. The predicted octanol–water partition coefficient (Wildman–Crippen LogP) is 5.98. The molecule has 0 aliphatic rings. The van der Waals surface area contributed by atoms with Gasteiger partial charge >= 0.3 is 0 Å². The van der Waals surface area contributed by atoms with E-state index in [-0.39, 0.29) is 16.9 Å². The van der Waals surface area contributed by atoms with Crippen LogP contribution in [-0.4, -0.2) is 10.5 Å². The van der Waals surface area contributed by atoms with Crippen molar-refractivity contribution < 1.29 is 4.79 Å². The van der Waals surface area contributed by atoms with E-state index in [0.717, 1.165) is 48.3 Å². The topological polar surface area (TPSA) is 51.1 Å². The number of hydrogen-bond acceptors (Lipinski definition) is 2. The second-order valence-electron chi connectivity index (χ2n) is 7.85. The molecule has 0 unspecified atom stereocenters. The van der Waals surface area contributed by atoms with Crippen LogP contribution in [-0.2, 0) is 19.4 Å². The van der Waals surface area contributed by atoms with Gasteiger partial charge in [-0.1, -0.05) is 55.5 Å². The summed E-state index contributed by atoms with van der Waals surface area (Å²) in [5.41, 5.74) is 5.59. The quantitative estimate of drug-likeness (QED) is 0.451. The van der Waals surface area contributed by atoms with Crippen molar-refractivity contribution in [1.29, 1.82) is 0 Å². The van der Waals surface area contributed by atoms with Gasteiger partial charge in [0.25, 0.3) is 5.91 Å². The number of halogens is 1. The highest BCUT2D eigenvalue weighted by Gasteiger charge is 2.22. The normalized spacial score (nSPS) is 10.9. The van der Waals surface area contributed by atoms with E-state index in [1.807, 2.05) is 57.2 Å². The van der Waals surface area contributed by atoms with E-state index >= 15 is 0 Å². The molecule has 0 saturated carbocycles. The van der Waals surface area contributed by atoms with Gasteiger partial charge in [-0.25, -0.2) is 0 Å². The molecule has 4 nitrogen and oxygen atoms in total. The van der Waals surface area contributed by atoms with Crippen LogP contribution in [0.4, 0.5) is 5.69 Å². The lowest BCUT2D eigenvalue weighted by atomic mass is 10.0. The van der Waals surface area contributed by atoms with Gasteiger partial charge in [0.2, 0.25) is 5.43 Å². The zero-order valence-electron chi connectivity index (χ0n) is 18.6. The molecule has 0 bridgehead atoms. The minimum Gasteiger partial charge on any atom is -0.347 e. The Morgan fingerprint density at radius 2 is 1.71 bits per heavy atom. The molecule has 0 aliphatic carbocycles. The highest BCUT2D eigenvalue weighted by atomic mass is 79.9. The summed E-state index contributed by atoms with van der Waals surface area (Å²) in [4.78, 5) is 26.2. The van der Waals surface area contributed by atoms with Crippen LogP contribution < -0.4 is 10.7 Å². The van der Waals surface area contributed by atoms with E-state index in [9.17, 15) is 9.59 Å². The van der Waals surface area contributed by atoms with E-state index < -0.39 is 0 Å². The number of pyridine rings is 1. The van der Waals surface area contributed by atoms with Crippen molar-refractivity contribution in [2.75, 3.05) is 5.32 Å². The number of carbonyl (C=O) groups excluding carboxylic acids is 1. The Hall–Kier alpha value is -2.66. The third-order valence-corrected chi connectivity index (χ3v) is 6.75. The molecule has 1 amide bonds. The SMILES string of the molecule is CCc1cccc(C)c1NC(=O)c1c(C)n(CCCc2ccccc2)c(C)c(Br)c1=O. The van der Waals surface area contributed by atoms with Crippen LogP contribution in [0.1, 0.15) is 51.8 Å². The van der Waals surface area contributed by atoms with Gasteiger partial charge in [0.05, 0.1) is 4.47 Å². The zero-order chi connectivity index (χ0) is 22.5. The van der Waals surface area contributed by atoms with Gasteiger partial charge in [0, 0.05) is 23.6 Å². The zero-order valence-corrected chi connectivity index (χ0v) is 20.2. The Morgan fingerprint density at radius 1 is 1.00 bits per heavy atom. The molecule has 0 spiro atoms. The number of nitrogens with zero attached hydrogens (tertiary/aromatic N) is 1. The Labute approximate surface area is 192 Å². The summed E-state index contributed by atoms with van der Waals surface area (Å²) < 4.78 is 2.52. The van der Waals surface area contributed by atoms with Crippen LogP contribution in [0, 0.1) is 20.8 Å². The number of carbonyl (C=O) groups is 1. The summed E-state index contributed by atoms with van der Waals surface area (Å²) >= 11 is 3.43. The molecule has 162 valence electrons. The number of anilines is 1. The maximum absolute atomic E-state index is 13.2. The minimum absolute atomic E-state index is 0.197. The molecule has 3 rings (SSSR count). The summed E-state index contributed by atoms with van der Waals surface area (Å²) in [5, 5.41) is 3.01. The number of aryl methyl sites for hydroxylation is 3. The number of benzene rings is 2. The van der Waals surface area contributed by atoms with E-state index in [4.69, 9.17) is 0 Å². The average molecular weight is 481 g/mol. The van der Waals surface area contributed by atoms with Crippen LogP contribution in [0.5, 0.6) is 0 Å². The maximum atomic E-state index is 13.2. The molecule has 0 radical (unpaired) electrons. The summed E-state index contributed by atoms with van der Waals surface area (Å²) in [7, 11) is 0. The Balaban J connectivity index is 1.92. The largest absolute Gasteiger partial charge is 0.347 e. The fourth-order valence-corrected chi connectivity index (χ4v) is 4.42. The van der Waals surface area contributed by atoms with E-state index in [2.05, 4.69) is 44.9 Å². The van der Waals surface area contributed by atoms with Crippen molar-refractivity contribution >= 4 is 27.5 Å². The van der Waals surface area contributed by atoms with Crippen LogP contribution in [0.3, 0.4) is 0 Å². The van der Waals surface area contributed by atoms with Gasteiger partial charge in [0.1, 0.15) is 5.56 Å².